The summed E-state index contributed by atoms with van der Waals surface area (Å²) in [6.07, 6.45) is 4.39. The largest absolute Gasteiger partial charge is 0.321 e. The Labute approximate surface area is 119 Å². The van der Waals surface area contributed by atoms with E-state index in [0.29, 0.717) is 11.5 Å². The summed E-state index contributed by atoms with van der Waals surface area (Å²) in [7, 11) is 1.75. The maximum Gasteiger partial charge on any atom is 0.275 e. The highest BCUT2D eigenvalue weighted by Crippen LogP contribution is 2.19. The first-order chi connectivity index (χ1) is 10.2. The van der Waals surface area contributed by atoms with Crippen LogP contribution in [0.1, 0.15) is 10.5 Å². The zero-order valence-corrected chi connectivity index (χ0v) is 11.1. The molecule has 0 radical (unpaired) electrons. The van der Waals surface area contributed by atoms with Crippen LogP contribution in [0.4, 0.5) is 5.69 Å². The van der Waals surface area contributed by atoms with Crippen LogP contribution in [0.5, 0.6) is 0 Å². The average molecular weight is 281 g/mol. The van der Waals surface area contributed by atoms with Crippen LogP contribution in [0.15, 0.2) is 42.9 Å². The molecule has 3 rings (SSSR count). The third kappa shape index (κ3) is 2.73. The van der Waals surface area contributed by atoms with Gasteiger partial charge < -0.3 is 5.32 Å². The molecule has 0 aliphatic heterocycles. The zero-order valence-electron chi connectivity index (χ0n) is 11.1. The van der Waals surface area contributed by atoms with Crippen molar-refractivity contribution in [2.75, 3.05) is 5.32 Å². The minimum absolute atomic E-state index is 0.253. The van der Waals surface area contributed by atoms with E-state index in [1.165, 1.54) is 18.6 Å². The molecule has 104 valence electrons. The Morgan fingerprint density at radius 2 is 2.19 bits per heavy atom. The Kier molecular flexibility index (Phi) is 3.34. The number of benzene rings is 1. The van der Waals surface area contributed by atoms with Gasteiger partial charge >= 0.3 is 0 Å². The smallest absolute Gasteiger partial charge is 0.275 e. The number of nitrogens with one attached hydrogen (secondary N) is 1. The molecule has 1 amide bonds. The summed E-state index contributed by atoms with van der Waals surface area (Å²) in [6.45, 7) is 0. The second-order valence-corrected chi connectivity index (χ2v) is 4.25. The van der Waals surface area contributed by atoms with Crippen LogP contribution in [0.2, 0.25) is 0 Å². The minimum Gasteiger partial charge on any atom is -0.321 e. The van der Waals surface area contributed by atoms with Gasteiger partial charge in [-0.3, -0.25) is 9.78 Å². The van der Waals surface area contributed by atoms with Crippen LogP contribution in [0.25, 0.3) is 11.4 Å². The molecule has 0 bridgehead atoms. The van der Waals surface area contributed by atoms with Crippen molar-refractivity contribution < 1.29 is 4.79 Å². The molecule has 1 aromatic carbocycles. The predicted octanol–water partition coefficient (Wildman–Crippen LogP) is 0.919. The van der Waals surface area contributed by atoms with Gasteiger partial charge in [-0.1, -0.05) is 12.1 Å². The lowest BCUT2D eigenvalue weighted by Crippen LogP contribution is -2.13. The molecular weight excluding hydrogens is 270 g/mol. The fourth-order valence-electron chi connectivity index (χ4n) is 1.82. The maximum absolute atomic E-state index is 12.0. The Bertz CT molecular complexity index is 769. The highest BCUT2D eigenvalue weighted by molar-refractivity contribution is 6.02. The van der Waals surface area contributed by atoms with E-state index in [1.807, 2.05) is 12.1 Å². The number of anilines is 1. The lowest BCUT2D eigenvalue weighted by Gasteiger charge is -2.06. The van der Waals surface area contributed by atoms with Gasteiger partial charge in [0.2, 0.25) is 0 Å². The molecular formula is C13H11N7O. The predicted molar refractivity (Wildman–Crippen MR) is 74.2 cm³/mol. The molecule has 8 heteroatoms. The van der Waals surface area contributed by atoms with Gasteiger partial charge in [0, 0.05) is 30.7 Å². The summed E-state index contributed by atoms with van der Waals surface area (Å²) in [5, 5.41) is 14.1. The molecule has 0 aliphatic rings. The molecule has 1 N–H and O–H groups in total. The van der Waals surface area contributed by atoms with Gasteiger partial charge in [-0.25, -0.2) is 9.67 Å². The van der Waals surface area contributed by atoms with Crippen molar-refractivity contribution in [2.24, 2.45) is 7.05 Å². The number of amides is 1. The molecule has 0 aliphatic carbocycles. The summed E-state index contributed by atoms with van der Waals surface area (Å²) < 4.78 is 1.56. The Balaban J connectivity index is 1.84. The van der Waals surface area contributed by atoms with E-state index in [-0.39, 0.29) is 11.6 Å². The fraction of sp³-hybridized carbons (Fsp3) is 0.0769. The highest BCUT2D eigenvalue weighted by Gasteiger charge is 2.10. The van der Waals surface area contributed by atoms with E-state index >= 15 is 0 Å². The lowest BCUT2D eigenvalue weighted by molar-refractivity contribution is 0.102. The molecule has 0 unspecified atom stereocenters. The summed E-state index contributed by atoms with van der Waals surface area (Å²) in [4.78, 5) is 19.8. The van der Waals surface area contributed by atoms with Crippen molar-refractivity contribution in [3.63, 3.8) is 0 Å². The number of carbonyl (C=O) groups is 1. The second kappa shape index (κ2) is 5.45. The van der Waals surface area contributed by atoms with Crippen molar-refractivity contribution >= 4 is 11.6 Å². The standard InChI is InChI=1S/C13H11N7O/c1-20-12(17-18-19-20)9-3-2-4-10(7-9)16-13(21)11-8-14-5-6-15-11/h2-8H,1H3,(H,16,21). The number of hydrogen-bond acceptors (Lipinski definition) is 6. The third-order valence-corrected chi connectivity index (χ3v) is 2.79. The van der Waals surface area contributed by atoms with Crippen LogP contribution < -0.4 is 5.32 Å². The molecule has 0 spiro atoms. The van der Waals surface area contributed by atoms with Crippen molar-refractivity contribution in [3.05, 3.63) is 48.5 Å². The number of tetrazole rings is 1. The van der Waals surface area contributed by atoms with E-state index < -0.39 is 0 Å². The fourth-order valence-corrected chi connectivity index (χ4v) is 1.82. The number of nitrogens with zero attached hydrogens (tertiary/aromatic N) is 6. The average Bonchev–Trinajstić information content (AvgIpc) is 2.94. The van der Waals surface area contributed by atoms with E-state index in [0.717, 1.165) is 5.56 Å². The van der Waals surface area contributed by atoms with Gasteiger partial charge in [0.05, 0.1) is 6.20 Å². The van der Waals surface area contributed by atoms with Crippen LogP contribution >= 0.6 is 0 Å². The van der Waals surface area contributed by atoms with Gasteiger partial charge in [-0.15, -0.1) is 5.10 Å². The molecule has 0 saturated carbocycles. The Morgan fingerprint density at radius 1 is 1.29 bits per heavy atom. The van der Waals surface area contributed by atoms with E-state index in [1.54, 1.807) is 23.9 Å². The molecule has 2 aromatic heterocycles. The second-order valence-electron chi connectivity index (χ2n) is 4.25. The quantitative estimate of drug-likeness (QED) is 0.766. The van der Waals surface area contributed by atoms with Crippen molar-refractivity contribution in [2.45, 2.75) is 0 Å². The summed E-state index contributed by atoms with van der Waals surface area (Å²) in [5.41, 5.74) is 1.69. The van der Waals surface area contributed by atoms with Crippen molar-refractivity contribution in [1.29, 1.82) is 0 Å². The van der Waals surface area contributed by atoms with Gasteiger partial charge in [0.15, 0.2) is 5.82 Å². The molecule has 2 heterocycles. The molecule has 0 saturated heterocycles. The topological polar surface area (TPSA) is 98.5 Å². The first-order valence-electron chi connectivity index (χ1n) is 6.14. The van der Waals surface area contributed by atoms with E-state index in [9.17, 15) is 4.79 Å². The number of aryl methyl sites for hydroxylation is 1. The van der Waals surface area contributed by atoms with Gasteiger partial charge in [0.1, 0.15) is 5.69 Å². The van der Waals surface area contributed by atoms with Gasteiger partial charge in [0.25, 0.3) is 5.91 Å². The number of carbonyl (C=O) groups excluding carboxylic acids is 1. The van der Waals surface area contributed by atoms with Crippen molar-refractivity contribution in [3.8, 4) is 11.4 Å². The van der Waals surface area contributed by atoms with Crippen molar-refractivity contribution in [1.82, 2.24) is 30.2 Å². The molecule has 0 fully saturated rings. The van der Waals surface area contributed by atoms with Gasteiger partial charge in [-0.05, 0) is 22.6 Å². The summed E-state index contributed by atoms with van der Waals surface area (Å²) in [6, 6.07) is 7.25. The maximum atomic E-state index is 12.0. The lowest BCUT2D eigenvalue weighted by atomic mass is 10.2. The van der Waals surface area contributed by atoms with Crippen LogP contribution in [0, 0.1) is 0 Å². The Hall–Kier alpha value is -3.16. The normalized spacial score (nSPS) is 10.3. The number of rotatable bonds is 3. The van der Waals surface area contributed by atoms with E-state index in [4.69, 9.17) is 0 Å². The molecule has 8 nitrogen and oxygen atoms in total. The molecule has 0 atom stereocenters. The monoisotopic (exact) mass is 281 g/mol. The number of hydrogen-bond donors (Lipinski definition) is 1. The first kappa shape index (κ1) is 12.9. The highest BCUT2D eigenvalue weighted by atomic mass is 16.1. The molecule has 21 heavy (non-hydrogen) atoms. The minimum atomic E-state index is -0.323. The number of aromatic nitrogens is 6. The Morgan fingerprint density at radius 3 is 2.90 bits per heavy atom. The molecule has 3 aromatic rings. The van der Waals surface area contributed by atoms with Crippen LogP contribution in [-0.2, 0) is 7.05 Å². The summed E-state index contributed by atoms with van der Waals surface area (Å²) >= 11 is 0. The van der Waals surface area contributed by atoms with E-state index in [2.05, 4.69) is 30.8 Å². The summed E-state index contributed by atoms with van der Waals surface area (Å²) in [5.74, 6) is 0.293. The first-order valence-corrected chi connectivity index (χ1v) is 6.14. The third-order valence-electron chi connectivity index (χ3n) is 2.79. The van der Waals surface area contributed by atoms with Crippen LogP contribution in [0.3, 0.4) is 0 Å². The van der Waals surface area contributed by atoms with Gasteiger partial charge in [-0.2, -0.15) is 0 Å². The zero-order chi connectivity index (χ0) is 14.7. The van der Waals surface area contributed by atoms with Crippen LogP contribution in [-0.4, -0.2) is 36.1 Å². The SMILES string of the molecule is Cn1nnnc1-c1cccc(NC(=O)c2cnccn2)c1.